The number of halogens is 1. The molecular weight excluding hydrogens is 382 g/mol. The maximum atomic E-state index is 12.7. The van der Waals surface area contributed by atoms with Crippen molar-refractivity contribution in [2.24, 2.45) is 0 Å². The van der Waals surface area contributed by atoms with Gasteiger partial charge >= 0.3 is 5.97 Å². The number of esters is 1. The molecule has 148 valence electrons. The lowest BCUT2D eigenvalue weighted by molar-refractivity contribution is -0.115. The molecule has 0 fully saturated rings. The lowest BCUT2D eigenvalue weighted by Crippen LogP contribution is -2.27. The minimum absolute atomic E-state index is 0.0707. The minimum Gasteiger partial charge on any atom is -0.496 e. The topological polar surface area (TPSA) is 81.7 Å². The van der Waals surface area contributed by atoms with Gasteiger partial charge in [-0.3, -0.25) is 9.59 Å². The number of nitrogens with one attached hydrogen (secondary N) is 1. The Morgan fingerprint density at radius 2 is 1.79 bits per heavy atom. The first-order chi connectivity index (χ1) is 13.4. The molecule has 0 bridgehead atoms. The number of carbonyl (C=O) groups excluding carboxylic acids is 3. The summed E-state index contributed by atoms with van der Waals surface area (Å²) in [6.45, 7) is 3.47. The second-order valence-corrected chi connectivity index (χ2v) is 6.37. The van der Waals surface area contributed by atoms with Crippen molar-refractivity contribution in [3.8, 4) is 5.75 Å². The van der Waals surface area contributed by atoms with Crippen molar-refractivity contribution < 1.29 is 23.9 Å². The molecule has 0 saturated heterocycles. The normalized spacial score (nSPS) is 11.4. The zero-order valence-electron chi connectivity index (χ0n) is 16.0. The standard InChI is InChI=1S/C21H22ClNO5/c1-4-17(20(25)13-9-7-6-8-10-13)28-21(26)14-11-15(22)16(12-18(14)27-3)23-19(24)5-2/h6-12,17H,4-5H2,1-3H3,(H,23,24)/t17-/m0/s1. The second-order valence-electron chi connectivity index (χ2n) is 5.97. The van der Waals surface area contributed by atoms with E-state index >= 15 is 0 Å². The Morgan fingerprint density at radius 3 is 2.36 bits per heavy atom. The van der Waals surface area contributed by atoms with E-state index in [0.717, 1.165) is 0 Å². The van der Waals surface area contributed by atoms with Crippen LogP contribution in [0.3, 0.4) is 0 Å². The van der Waals surface area contributed by atoms with Crippen molar-refractivity contribution in [1.82, 2.24) is 0 Å². The van der Waals surface area contributed by atoms with Gasteiger partial charge in [0.05, 0.1) is 17.8 Å². The zero-order valence-corrected chi connectivity index (χ0v) is 16.7. The lowest BCUT2D eigenvalue weighted by Gasteiger charge is -2.17. The van der Waals surface area contributed by atoms with Crippen LogP contribution in [0.15, 0.2) is 42.5 Å². The van der Waals surface area contributed by atoms with E-state index in [9.17, 15) is 14.4 Å². The van der Waals surface area contributed by atoms with Gasteiger partial charge < -0.3 is 14.8 Å². The Bertz CT molecular complexity index is 867. The van der Waals surface area contributed by atoms with Gasteiger partial charge in [0.2, 0.25) is 11.7 Å². The van der Waals surface area contributed by atoms with Gasteiger partial charge in [0.15, 0.2) is 6.10 Å². The van der Waals surface area contributed by atoms with Crippen molar-refractivity contribution in [3.05, 3.63) is 58.6 Å². The lowest BCUT2D eigenvalue weighted by atomic mass is 10.0. The molecule has 6 nitrogen and oxygen atoms in total. The van der Waals surface area contributed by atoms with Crippen molar-refractivity contribution in [3.63, 3.8) is 0 Å². The molecule has 0 aliphatic carbocycles. The van der Waals surface area contributed by atoms with E-state index in [1.807, 2.05) is 0 Å². The van der Waals surface area contributed by atoms with Crippen LogP contribution in [0, 0.1) is 0 Å². The molecule has 1 amide bonds. The van der Waals surface area contributed by atoms with Crippen LogP contribution in [0.25, 0.3) is 0 Å². The fraction of sp³-hybridized carbons (Fsp3) is 0.286. The molecule has 28 heavy (non-hydrogen) atoms. The smallest absolute Gasteiger partial charge is 0.342 e. The Morgan fingerprint density at radius 1 is 1.11 bits per heavy atom. The summed E-state index contributed by atoms with van der Waals surface area (Å²) in [7, 11) is 1.39. The molecule has 0 heterocycles. The van der Waals surface area contributed by atoms with Gasteiger partial charge in [0, 0.05) is 18.1 Å². The molecule has 2 aromatic carbocycles. The summed E-state index contributed by atoms with van der Waals surface area (Å²) < 4.78 is 10.7. The van der Waals surface area contributed by atoms with Gasteiger partial charge in [-0.1, -0.05) is 55.8 Å². The van der Waals surface area contributed by atoms with Crippen LogP contribution in [0.1, 0.15) is 47.4 Å². The van der Waals surface area contributed by atoms with Gasteiger partial charge in [0.25, 0.3) is 0 Å². The average Bonchev–Trinajstić information content (AvgIpc) is 2.72. The predicted molar refractivity (Wildman–Crippen MR) is 107 cm³/mol. The molecule has 0 saturated carbocycles. The van der Waals surface area contributed by atoms with Crippen molar-refractivity contribution in [2.75, 3.05) is 12.4 Å². The number of hydrogen-bond donors (Lipinski definition) is 1. The summed E-state index contributed by atoms with van der Waals surface area (Å²) in [5.74, 6) is -1.06. The highest BCUT2D eigenvalue weighted by molar-refractivity contribution is 6.34. The zero-order chi connectivity index (χ0) is 20.7. The van der Waals surface area contributed by atoms with Crippen LogP contribution >= 0.6 is 11.6 Å². The number of ketones is 1. The van der Waals surface area contributed by atoms with E-state index in [1.165, 1.54) is 19.2 Å². The number of benzene rings is 2. The number of hydrogen-bond acceptors (Lipinski definition) is 5. The number of amides is 1. The van der Waals surface area contributed by atoms with Crippen LogP contribution in [0.5, 0.6) is 5.75 Å². The van der Waals surface area contributed by atoms with Gasteiger partial charge in [-0.05, 0) is 12.5 Å². The molecule has 0 aliphatic heterocycles. The van der Waals surface area contributed by atoms with Gasteiger partial charge in [0.1, 0.15) is 11.3 Å². The minimum atomic E-state index is -0.933. The first-order valence-corrected chi connectivity index (χ1v) is 9.26. The van der Waals surface area contributed by atoms with Crippen LogP contribution in [-0.2, 0) is 9.53 Å². The number of Topliss-reactive ketones (excluding diaryl/α,β-unsaturated/α-hetero) is 1. The molecule has 0 unspecified atom stereocenters. The Balaban J connectivity index is 2.26. The summed E-state index contributed by atoms with van der Waals surface area (Å²) in [5, 5.41) is 2.80. The van der Waals surface area contributed by atoms with Crippen LogP contribution in [0.2, 0.25) is 5.02 Å². The number of methoxy groups -OCH3 is 1. The summed E-state index contributed by atoms with van der Waals surface area (Å²) in [5.41, 5.74) is 0.861. The molecule has 7 heteroatoms. The Kier molecular flexibility index (Phi) is 7.58. The van der Waals surface area contributed by atoms with E-state index in [4.69, 9.17) is 21.1 Å². The average molecular weight is 404 g/mol. The maximum Gasteiger partial charge on any atom is 0.342 e. The van der Waals surface area contributed by atoms with Crippen LogP contribution < -0.4 is 10.1 Å². The van der Waals surface area contributed by atoms with Gasteiger partial charge in [-0.2, -0.15) is 0 Å². The predicted octanol–water partition coefficient (Wildman–Crippen LogP) is 4.52. The molecular formula is C21H22ClNO5. The highest BCUT2D eigenvalue weighted by atomic mass is 35.5. The summed E-state index contributed by atoms with van der Waals surface area (Å²) in [4.78, 5) is 36.9. The molecule has 0 spiro atoms. The number of anilines is 1. The van der Waals surface area contributed by atoms with E-state index in [0.29, 0.717) is 17.7 Å². The summed E-state index contributed by atoms with van der Waals surface area (Å²) in [6.07, 6.45) is -0.333. The summed E-state index contributed by atoms with van der Waals surface area (Å²) >= 11 is 6.19. The second kappa shape index (κ2) is 9.90. The van der Waals surface area contributed by atoms with E-state index in [1.54, 1.807) is 44.2 Å². The van der Waals surface area contributed by atoms with Crippen molar-refractivity contribution in [2.45, 2.75) is 32.8 Å². The molecule has 2 aromatic rings. The van der Waals surface area contributed by atoms with Crippen molar-refractivity contribution in [1.29, 1.82) is 0 Å². The monoisotopic (exact) mass is 403 g/mol. The fourth-order valence-electron chi connectivity index (χ4n) is 2.52. The van der Waals surface area contributed by atoms with Crippen LogP contribution in [0.4, 0.5) is 5.69 Å². The molecule has 0 radical (unpaired) electrons. The first kappa shape index (κ1) is 21.4. The van der Waals surface area contributed by atoms with Gasteiger partial charge in [-0.25, -0.2) is 4.79 Å². The third-order valence-corrected chi connectivity index (χ3v) is 4.39. The van der Waals surface area contributed by atoms with Gasteiger partial charge in [-0.15, -0.1) is 0 Å². The first-order valence-electron chi connectivity index (χ1n) is 8.88. The largest absolute Gasteiger partial charge is 0.496 e. The highest BCUT2D eigenvalue weighted by Gasteiger charge is 2.25. The van der Waals surface area contributed by atoms with Crippen LogP contribution in [-0.4, -0.2) is 30.9 Å². The van der Waals surface area contributed by atoms with Crippen molar-refractivity contribution >= 4 is 34.9 Å². The molecule has 1 atom stereocenters. The third kappa shape index (κ3) is 5.10. The highest BCUT2D eigenvalue weighted by Crippen LogP contribution is 2.32. The number of ether oxygens (including phenoxy) is 2. The summed E-state index contributed by atoms with van der Waals surface area (Å²) in [6, 6.07) is 11.4. The molecule has 1 N–H and O–H groups in total. The number of carbonyl (C=O) groups is 3. The third-order valence-electron chi connectivity index (χ3n) is 4.08. The molecule has 0 aliphatic rings. The quantitative estimate of drug-likeness (QED) is 0.517. The number of rotatable bonds is 8. The maximum absolute atomic E-state index is 12.7. The SMILES string of the molecule is CCC(=O)Nc1cc(OC)c(C(=O)O[C@@H](CC)C(=O)c2ccccc2)cc1Cl. The van der Waals surface area contributed by atoms with E-state index in [2.05, 4.69) is 5.32 Å². The Labute approximate surface area is 168 Å². The van der Waals surface area contributed by atoms with E-state index < -0.39 is 12.1 Å². The molecule has 2 rings (SSSR count). The van der Waals surface area contributed by atoms with E-state index in [-0.39, 0.29) is 34.4 Å². The fourth-order valence-corrected chi connectivity index (χ4v) is 2.73. The Hall–Kier alpha value is -2.86. The molecule has 0 aromatic heterocycles.